The van der Waals surface area contributed by atoms with Gasteiger partial charge < -0.3 is 20.7 Å². The number of nitrogens with two attached hydrogens (primary N) is 1. The molecule has 3 N–H and O–H groups in total. The molecule has 8 heteroatoms. The molecule has 0 atom stereocenters. The molecule has 1 fully saturated rings. The number of nitrogens with one attached hydrogen (secondary N) is 1. The number of anilines is 1. The number of hydrogen-bond acceptors (Lipinski definition) is 5. The van der Waals surface area contributed by atoms with E-state index in [-0.39, 0.29) is 29.3 Å². The minimum atomic E-state index is -0.494. The Labute approximate surface area is 229 Å². The van der Waals surface area contributed by atoms with Crippen molar-refractivity contribution in [1.82, 2.24) is 9.47 Å². The maximum Gasteiger partial charge on any atom is 0.250 e. The van der Waals surface area contributed by atoms with Gasteiger partial charge in [-0.25, -0.2) is 4.39 Å². The average molecular weight is 535 g/mol. The molecular weight excluding hydrogens is 495 g/mol. The van der Waals surface area contributed by atoms with E-state index in [2.05, 4.69) is 24.1 Å². The third-order valence-electron chi connectivity index (χ3n) is 8.05. The van der Waals surface area contributed by atoms with Crippen LogP contribution in [0.5, 0.6) is 0 Å². The van der Waals surface area contributed by atoms with E-state index in [1.165, 1.54) is 12.1 Å². The van der Waals surface area contributed by atoms with Gasteiger partial charge in [0.15, 0.2) is 0 Å². The van der Waals surface area contributed by atoms with Gasteiger partial charge in [-0.1, -0.05) is 19.9 Å². The summed E-state index contributed by atoms with van der Waals surface area (Å²) in [6.07, 6.45) is 5.11. The maximum atomic E-state index is 14.3. The van der Waals surface area contributed by atoms with Crippen LogP contribution in [0.25, 0.3) is 22.0 Å². The van der Waals surface area contributed by atoms with Crippen LogP contribution in [-0.2, 0) is 11.2 Å². The summed E-state index contributed by atoms with van der Waals surface area (Å²) in [5, 5.41) is 4.42. The SMILES string of the molecule is CN(C)CCO[C@H]1CC[C@H](Nc2cc(-c3c4n(c5cc(F)ccc35)C(=O)CC(C)(C)C4)ccc2C(N)=O)CC1. The van der Waals surface area contributed by atoms with Crippen molar-refractivity contribution < 1.29 is 18.7 Å². The molecule has 2 aromatic carbocycles. The van der Waals surface area contributed by atoms with E-state index in [1.807, 2.05) is 26.2 Å². The quantitative estimate of drug-likeness (QED) is 0.401. The zero-order valence-corrected chi connectivity index (χ0v) is 23.4. The number of amides is 1. The highest BCUT2D eigenvalue weighted by atomic mass is 19.1. The number of benzene rings is 2. The number of ether oxygens (including phenoxy) is 1. The van der Waals surface area contributed by atoms with Gasteiger partial charge in [0.25, 0.3) is 5.91 Å². The molecule has 5 rings (SSSR count). The molecule has 7 nitrogen and oxygen atoms in total. The fourth-order valence-electron chi connectivity index (χ4n) is 6.12. The predicted octanol–water partition coefficient (Wildman–Crippen LogP) is 5.46. The largest absolute Gasteiger partial charge is 0.382 e. The van der Waals surface area contributed by atoms with E-state index >= 15 is 0 Å². The Morgan fingerprint density at radius 3 is 2.56 bits per heavy atom. The van der Waals surface area contributed by atoms with Crippen molar-refractivity contribution in [3.8, 4) is 11.1 Å². The Kier molecular flexibility index (Phi) is 7.53. The molecular formula is C31H39FN4O3. The molecule has 0 saturated heterocycles. The molecule has 1 aliphatic carbocycles. The van der Waals surface area contributed by atoms with Crippen LogP contribution in [-0.4, -0.2) is 60.7 Å². The van der Waals surface area contributed by atoms with Gasteiger partial charge in [0.1, 0.15) is 5.82 Å². The van der Waals surface area contributed by atoms with Crippen molar-refractivity contribution in [2.24, 2.45) is 11.1 Å². The summed E-state index contributed by atoms with van der Waals surface area (Å²) in [5.74, 6) is -0.897. The van der Waals surface area contributed by atoms with Crippen LogP contribution in [0.2, 0.25) is 0 Å². The number of carbonyl (C=O) groups is 2. The summed E-state index contributed by atoms with van der Waals surface area (Å²) >= 11 is 0. The number of likely N-dealkylation sites (N-methyl/N-ethyl adjacent to an activating group) is 1. The lowest BCUT2D eigenvalue weighted by Crippen LogP contribution is -2.32. The first-order valence-electron chi connectivity index (χ1n) is 13.9. The summed E-state index contributed by atoms with van der Waals surface area (Å²) in [6.45, 7) is 5.80. The fraction of sp³-hybridized carbons (Fsp3) is 0.484. The average Bonchev–Trinajstić information content (AvgIpc) is 3.16. The molecule has 208 valence electrons. The molecule has 0 bridgehead atoms. The van der Waals surface area contributed by atoms with Crippen molar-refractivity contribution in [3.63, 3.8) is 0 Å². The third kappa shape index (κ3) is 5.72. The topological polar surface area (TPSA) is 89.6 Å². The monoisotopic (exact) mass is 534 g/mol. The summed E-state index contributed by atoms with van der Waals surface area (Å²) < 4.78 is 22.0. The molecule has 1 aliphatic heterocycles. The van der Waals surface area contributed by atoms with Crippen LogP contribution in [0, 0.1) is 11.2 Å². The second-order valence-electron chi connectivity index (χ2n) is 12.1. The molecule has 1 aromatic heterocycles. The third-order valence-corrected chi connectivity index (χ3v) is 8.05. The molecule has 39 heavy (non-hydrogen) atoms. The number of hydrogen-bond donors (Lipinski definition) is 2. The first-order chi connectivity index (χ1) is 18.5. The Hall–Kier alpha value is -3.23. The molecule has 1 saturated carbocycles. The number of fused-ring (bicyclic) bond motifs is 3. The zero-order chi connectivity index (χ0) is 27.9. The Morgan fingerprint density at radius 1 is 1.13 bits per heavy atom. The minimum Gasteiger partial charge on any atom is -0.382 e. The van der Waals surface area contributed by atoms with Crippen LogP contribution in [0.4, 0.5) is 10.1 Å². The summed E-state index contributed by atoms with van der Waals surface area (Å²) in [4.78, 5) is 27.7. The molecule has 0 spiro atoms. The Balaban J connectivity index is 1.47. The van der Waals surface area contributed by atoms with Gasteiger partial charge in [-0.2, -0.15) is 0 Å². The molecule has 1 amide bonds. The number of halogens is 1. The van der Waals surface area contributed by atoms with Crippen molar-refractivity contribution in [3.05, 3.63) is 53.5 Å². The molecule has 2 heterocycles. The molecule has 3 aromatic rings. The van der Waals surface area contributed by atoms with Gasteiger partial charge in [-0.05, 0) is 87.5 Å². The summed E-state index contributed by atoms with van der Waals surface area (Å²) in [7, 11) is 4.08. The van der Waals surface area contributed by atoms with E-state index in [9.17, 15) is 14.0 Å². The van der Waals surface area contributed by atoms with Gasteiger partial charge in [-0.15, -0.1) is 0 Å². The number of primary amides is 1. The van der Waals surface area contributed by atoms with Crippen molar-refractivity contribution in [1.29, 1.82) is 0 Å². The Bertz CT molecular complexity index is 1400. The second-order valence-corrected chi connectivity index (χ2v) is 12.1. The zero-order valence-electron chi connectivity index (χ0n) is 23.4. The van der Waals surface area contributed by atoms with E-state index < -0.39 is 5.91 Å². The lowest BCUT2D eigenvalue weighted by Gasteiger charge is -2.31. The number of aromatic nitrogens is 1. The summed E-state index contributed by atoms with van der Waals surface area (Å²) in [6, 6.07) is 10.4. The standard InChI is InChI=1S/C31H39FN4O3/c1-31(2)17-27-29(24-12-6-20(32)16-26(24)36(27)28(37)18-31)19-5-11-23(30(33)38)25(15-19)34-21-7-9-22(10-8-21)39-14-13-35(3)4/h5-6,11-12,15-16,21-22,34H,7-10,13-14,17-18H2,1-4H3,(H2,33,38)/t21-,22-. The molecule has 0 unspecified atom stereocenters. The molecule has 0 radical (unpaired) electrons. The number of carbonyl (C=O) groups excluding carboxylic acids is 2. The second kappa shape index (κ2) is 10.7. The van der Waals surface area contributed by atoms with Gasteiger partial charge in [0.2, 0.25) is 5.91 Å². The Morgan fingerprint density at radius 2 is 1.87 bits per heavy atom. The van der Waals surface area contributed by atoms with Crippen LogP contribution >= 0.6 is 0 Å². The van der Waals surface area contributed by atoms with Crippen LogP contribution in [0.3, 0.4) is 0 Å². The first-order valence-corrected chi connectivity index (χ1v) is 13.9. The van der Waals surface area contributed by atoms with Gasteiger partial charge in [0, 0.05) is 41.3 Å². The fourth-order valence-corrected chi connectivity index (χ4v) is 6.12. The van der Waals surface area contributed by atoms with Crippen LogP contribution in [0.15, 0.2) is 36.4 Å². The highest BCUT2D eigenvalue weighted by Gasteiger charge is 2.35. The van der Waals surface area contributed by atoms with Crippen LogP contribution < -0.4 is 11.1 Å². The van der Waals surface area contributed by atoms with Crippen molar-refractivity contribution in [2.75, 3.05) is 32.6 Å². The minimum absolute atomic E-state index is 0.0280. The molecule has 2 aliphatic rings. The van der Waals surface area contributed by atoms with E-state index in [0.29, 0.717) is 29.6 Å². The number of rotatable bonds is 8. The lowest BCUT2D eigenvalue weighted by molar-refractivity contribution is 0.0196. The smallest absolute Gasteiger partial charge is 0.250 e. The van der Waals surface area contributed by atoms with Gasteiger partial charge in [-0.3, -0.25) is 14.2 Å². The van der Waals surface area contributed by atoms with Gasteiger partial charge in [0.05, 0.1) is 23.8 Å². The van der Waals surface area contributed by atoms with E-state index in [0.717, 1.165) is 61.0 Å². The predicted molar refractivity (Wildman–Crippen MR) is 153 cm³/mol. The lowest BCUT2D eigenvalue weighted by atomic mass is 9.80. The maximum absolute atomic E-state index is 14.3. The number of nitrogens with zero attached hydrogens (tertiary/aromatic N) is 2. The van der Waals surface area contributed by atoms with E-state index in [1.54, 1.807) is 16.7 Å². The first kappa shape index (κ1) is 27.3. The highest BCUT2D eigenvalue weighted by Crippen LogP contribution is 2.43. The van der Waals surface area contributed by atoms with Crippen LogP contribution in [0.1, 0.15) is 66.8 Å². The van der Waals surface area contributed by atoms with Gasteiger partial charge >= 0.3 is 0 Å². The summed E-state index contributed by atoms with van der Waals surface area (Å²) in [5.41, 5.74) is 9.92. The van der Waals surface area contributed by atoms with Crippen molar-refractivity contribution >= 4 is 28.4 Å². The van der Waals surface area contributed by atoms with E-state index in [4.69, 9.17) is 10.5 Å². The normalized spacial score (nSPS) is 20.8. The highest BCUT2D eigenvalue weighted by molar-refractivity contribution is 6.06. The van der Waals surface area contributed by atoms with Crippen molar-refractivity contribution in [2.45, 2.75) is 64.5 Å².